The lowest BCUT2D eigenvalue weighted by Gasteiger charge is -2.04. The van der Waals surface area contributed by atoms with Crippen LogP contribution < -0.4 is 0 Å². The van der Waals surface area contributed by atoms with Crippen LogP contribution >= 0.6 is 43.5 Å². The molecule has 1 rings (SSSR count). The van der Waals surface area contributed by atoms with E-state index >= 15 is 0 Å². The highest BCUT2D eigenvalue weighted by atomic mass is 79.9. The Bertz CT molecular complexity index is 301. The summed E-state index contributed by atoms with van der Waals surface area (Å²) in [5, 5.41) is -0.409. The number of hydrogen-bond donors (Lipinski definition) is 0. The van der Waals surface area contributed by atoms with Gasteiger partial charge in [0.2, 0.25) is 5.24 Å². The summed E-state index contributed by atoms with van der Waals surface area (Å²) in [6.45, 7) is 0. The van der Waals surface area contributed by atoms with Crippen LogP contribution in [0.25, 0.3) is 0 Å². The Kier molecular flexibility index (Phi) is 3.75. The van der Waals surface area contributed by atoms with E-state index in [1.54, 1.807) is 0 Å². The van der Waals surface area contributed by atoms with E-state index in [2.05, 4.69) is 31.9 Å². The van der Waals surface area contributed by atoms with Gasteiger partial charge in [-0.3, -0.25) is 4.79 Å². The quantitative estimate of drug-likeness (QED) is 0.602. The second-order valence-corrected chi connectivity index (χ2v) is 4.43. The smallest absolute Gasteiger partial charge is 0.239 e. The van der Waals surface area contributed by atoms with Crippen molar-refractivity contribution in [2.24, 2.45) is 0 Å². The normalized spacial score (nSPS) is 12.6. The first-order valence-corrected chi connectivity index (χ1v) is 5.29. The maximum Gasteiger partial charge on any atom is 0.239 e. The van der Waals surface area contributed by atoms with E-state index in [9.17, 15) is 4.79 Å². The number of benzene rings is 1. The molecule has 0 fully saturated rings. The molecule has 1 aromatic carbocycles. The molecular weight excluding hydrogens is 307 g/mol. The Morgan fingerprint density at radius 2 is 2.17 bits per heavy atom. The topological polar surface area (TPSA) is 17.1 Å². The zero-order valence-electron chi connectivity index (χ0n) is 5.93. The number of carbonyl (C=O) groups is 1. The highest BCUT2D eigenvalue weighted by molar-refractivity contribution is 9.10. The largest absolute Gasteiger partial charge is 0.280 e. The molecule has 0 N–H and O–H groups in total. The number of halogens is 3. The van der Waals surface area contributed by atoms with Gasteiger partial charge in [-0.05, 0) is 29.3 Å². The molecule has 4 heteroatoms. The van der Waals surface area contributed by atoms with Gasteiger partial charge in [0, 0.05) is 4.47 Å². The molecule has 1 aromatic rings. The van der Waals surface area contributed by atoms with Gasteiger partial charge in [-0.15, -0.1) is 0 Å². The highest BCUT2D eigenvalue weighted by Gasteiger charge is 2.13. The number of alkyl halides is 1. The lowest BCUT2D eigenvalue weighted by molar-refractivity contribution is -0.111. The Morgan fingerprint density at radius 1 is 1.50 bits per heavy atom. The second-order valence-electron chi connectivity index (χ2n) is 2.22. The summed E-state index contributed by atoms with van der Waals surface area (Å²) in [4.78, 5) is 10.3. The van der Waals surface area contributed by atoms with Crippen molar-refractivity contribution in [3.05, 3.63) is 34.3 Å². The van der Waals surface area contributed by atoms with Gasteiger partial charge in [0.15, 0.2) is 0 Å². The van der Waals surface area contributed by atoms with E-state index in [1.165, 1.54) is 0 Å². The molecule has 1 atom stereocenters. The van der Waals surface area contributed by atoms with Crippen molar-refractivity contribution in [1.29, 1.82) is 0 Å². The van der Waals surface area contributed by atoms with E-state index in [4.69, 9.17) is 11.6 Å². The third kappa shape index (κ3) is 2.57. The van der Waals surface area contributed by atoms with E-state index in [0.717, 1.165) is 10.0 Å². The maximum absolute atomic E-state index is 10.8. The summed E-state index contributed by atoms with van der Waals surface area (Å²) >= 11 is 11.8. The van der Waals surface area contributed by atoms with Gasteiger partial charge in [-0.1, -0.05) is 44.0 Å². The van der Waals surface area contributed by atoms with Gasteiger partial charge < -0.3 is 0 Å². The van der Waals surface area contributed by atoms with E-state index in [0.29, 0.717) is 0 Å². The number of carbonyl (C=O) groups excluding carboxylic acids is 1. The fourth-order valence-electron chi connectivity index (χ4n) is 0.795. The fourth-order valence-corrected chi connectivity index (χ4v) is 1.62. The Labute approximate surface area is 92.4 Å². The van der Waals surface area contributed by atoms with Gasteiger partial charge in [0.25, 0.3) is 0 Å². The van der Waals surface area contributed by atoms with Gasteiger partial charge in [0.05, 0.1) is 0 Å². The molecule has 0 radical (unpaired) electrons. The highest BCUT2D eigenvalue weighted by Crippen LogP contribution is 2.27. The molecule has 0 aliphatic carbocycles. The molecule has 1 nitrogen and oxygen atoms in total. The first-order valence-electron chi connectivity index (χ1n) is 3.20. The Hall–Kier alpha value is 0.140. The summed E-state index contributed by atoms with van der Waals surface area (Å²) in [5.74, 6) is 0. The van der Waals surface area contributed by atoms with Crippen molar-refractivity contribution in [1.82, 2.24) is 0 Å². The molecule has 64 valence electrons. The summed E-state index contributed by atoms with van der Waals surface area (Å²) in [6.07, 6.45) is 0. The molecule has 0 saturated carbocycles. The second kappa shape index (κ2) is 4.40. The van der Waals surface area contributed by atoms with E-state index in [-0.39, 0.29) is 0 Å². The van der Waals surface area contributed by atoms with Crippen molar-refractivity contribution in [2.45, 2.75) is 4.83 Å². The Morgan fingerprint density at radius 3 is 2.67 bits per heavy atom. The minimum absolute atomic E-state index is 0.409. The molecule has 0 aliphatic heterocycles. The van der Waals surface area contributed by atoms with Crippen LogP contribution in [-0.4, -0.2) is 5.24 Å². The molecule has 0 spiro atoms. The number of rotatable bonds is 2. The van der Waals surface area contributed by atoms with Crippen LogP contribution in [0.3, 0.4) is 0 Å². The summed E-state index contributed by atoms with van der Waals surface area (Å²) in [7, 11) is 0. The monoisotopic (exact) mass is 310 g/mol. The third-order valence-electron chi connectivity index (χ3n) is 1.34. The van der Waals surface area contributed by atoms with Crippen LogP contribution in [-0.2, 0) is 4.79 Å². The molecule has 0 aromatic heterocycles. The molecule has 0 saturated heterocycles. The SMILES string of the molecule is O=C(Cl)[C@@H](Br)c1cccc(Br)c1. The summed E-state index contributed by atoms with van der Waals surface area (Å²) in [6, 6.07) is 7.43. The van der Waals surface area contributed by atoms with Crippen molar-refractivity contribution in [3.63, 3.8) is 0 Å². The van der Waals surface area contributed by atoms with Gasteiger partial charge in [-0.2, -0.15) is 0 Å². The van der Waals surface area contributed by atoms with Crippen molar-refractivity contribution in [2.75, 3.05) is 0 Å². The predicted molar refractivity (Wildman–Crippen MR) is 56.7 cm³/mol. The molecular formula is C8H5Br2ClO. The minimum Gasteiger partial charge on any atom is -0.280 e. The molecule has 0 unspecified atom stereocenters. The van der Waals surface area contributed by atoms with Crippen molar-refractivity contribution in [3.8, 4) is 0 Å². The minimum atomic E-state index is -0.420. The van der Waals surface area contributed by atoms with Crippen LogP contribution in [0.4, 0.5) is 0 Å². The van der Waals surface area contributed by atoms with E-state index in [1.807, 2.05) is 24.3 Å². The maximum atomic E-state index is 10.8. The van der Waals surface area contributed by atoms with Crippen LogP contribution in [0, 0.1) is 0 Å². The third-order valence-corrected chi connectivity index (χ3v) is 3.26. The van der Waals surface area contributed by atoms with Crippen LogP contribution in [0.15, 0.2) is 28.7 Å². The standard InChI is InChI=1S/C8H5Br2ClO/c9-6-3-1-2-5(4-6)7(10)8(11)12/h1-4,7H/t7-/m0/s1. The summed E-state index contributed by atoms with van der Waals surface area (Å²) < 4.78 is 0.933. The molecule has 0 bridgehead atoms. The van der Waals surface area contributed by atoms with E-state index < -0.39 is 10.1 Å². The first-order chi connectivity index (χ1) is 5.61. The number of hydrogen-bond acceptors (Lipinski definition) is 1. The predicted octanol–water partition coefficient (Wildman–Crippen LogP) is 3.65. The molecule has 12 heavy (non-hydrogen) atoms. The van der Waals surface area contributed by atoms with Gasteiger partial charge >= 0.3 is 0 Å². The van der Waals surface area contributed by atoms with Crippen molar-refractivity contribution >= 4 is 48.7 Å². The first kappa shape index (κ1) is 10.2. The van der Waals surface area contributed by atoms with Gasteiger partial charge in [-0.25, -0.2) is 0 Å². The Balaban J connectivity index is 2.95. The van der Waals surface area contributed by atoms with Crippen LogP contribution in [0.5, 0.6) is 0 Å². The fraction of sp³-hybridized carbons (Fsp3) is 0.125. The molecule has 0 aliphatic rings. The summed E-state index contributed by atoms with van der Waals surface area (Å²) in [5.41, 5.74) is 0.851. The average molecular weight is 312 g/mol. The lowest BCUT2D eigenvalue weighted by Crippen LogP contribution is -1.97. The van der Waals surface area contributed by atoms with Crippen LogP contribution in [0.2, 0.25) is 0 Å². The molecule has 0 amide bonds. The zero-order valence-corrected chi connectivity index (χ0v) is 9.86. The zero-order chi connectivity index (χ0) is 9.14. The van der Waals surface area contributed by atoms with Gasteiger partial charge in [0.1, 0.15) is 4.83 Å². The lowest BCUT2D eigenvalue weighted by atomic mass is 10.2. The van der Waals surface area contributed by atoms with Crippen molar-refractivity contribution < 1.29 is 4.79 Å². The van der Waals surface area contributed by atoms with Crippen LogP contribution in [0.1, 0.15) is 10.4 Å². The molecule has 0 heterocycles. The average Bonchev–Trinajstić information content (AvgIpc) is 2.03.